The molecule has 0 radical (unpaired) electrons. The van der Waals surface area contributed by atoms with Crippen molar-refractivity contribution in [1.82, 2.24) is 9.79 Å². The minimum absolute atomic E-state index is 0.0299. The zero-order chi connectivity index (χ0) is 20.7. The minimum atomic E-state index is -3.79. The molecule has 0 saturated carbocycles. The Hall–Kier alpha value is -2.75. The fourth-order valence-electron chi connectivity index (χ4n) is 2.57. The first-order valence-electron chi connectivity index (χ1n) is 8.68. The van der Waals surface area contributed by atoms with Crippen LogP contribution in [0.25, 0.3) is 0 Å². The minimum Gasteiger partial charge on any atom is -0.339 e. The summed E-state index contributed by atoms with van der Waals surface area (Å²) in [7, 11) is -2.59. The van der Waals surface area contributed by atoms with Gasteiger partial charge >= 0.3 is 0 Å². The van der Waals surface area contributed by atoms with Gasteiger partial charge in [0.05, 0.1) is 12.0 Å². The fraction of sp³-hybridized carbons (Fsp3) is 0.263. The average Bonchev–Trinajstić information content (AvgIpc) is 2.69. The number of hydrogen-bond acceptors (Lipinski definition) is 5. The second kappa shape index (κ2) is 9.45. The number of sulfonamides is 1. The topological polar surface area (TPSA) is 105 Å². The average molecular weight is 405 g/mol. The molecule has 2 aromatic carbocycles. The van der Waals surface area contributed by atoms with Crippen LogP contribution >= 0.6 is 0 Å². The third-order valence-corrected chi connectivity index (χ3v) is 5.32. The van der Waals surface area contributed by atoms with Crippen LogP contribution in [-0.2, 0) is 14.9 Å². The molecule has 2 aromatic rings. The van der Waals surface area contributed by atoms with Gasteiger partial charge in [0.2, 0.25) is 0 Å². The van der Waals surface area contributed by atoms with Crippen LogP contribution in [0, 0.1) is 0 Å². The van der Waals surface area contributed by atoms with E-state index in [4.69, 9.17) is 0 Å². The quantitative estimate of drug-likeness (QED) is 0.656. The summed E-state index contributed by atoms with van der Waals surface area (Å²) in [5, 5.41) is 2.71. The van der Waals surface area contributed by atoms with Gasteiger partial charge in [-0.15, -0.1) is 0 Å². The van der Waals surface area contributed by atoms with E-state index < -0.39 is 15.9 Å². The second-order valence-electron chi connectivity index (χ2n) is 5.83. The molecule has 9 heteroatoms. The molecule has 0 bridgehead atoms. The Bertz CT molecular complexity index is 938. The van der Waals surface area contributed by atoms with Crippen molar-refractivity contribution in [2.45, 2.75) is 18.7 Å². The Morgan fingerprint density at radius 3 is 2.21 bits per heavy atom. The van der Waals surface area contributed by atoms with Crippen LogP contribution in [0.1, 0.15) is 34.6 Å². The van der Waals surface area contributed by atoms with Gasteiger partial charge in [0, 0.05) is 29.9 Å². The number of amides is 2. The third kappa shape index (κ3) is 5.16. The van der Waals surface area contributed by atoms with E-state index in [1.807, 2.05) is 18.7 Å². The zero-order valence-electron chi connectivity index (χ0n) is 15.9. The Balaban J connectivity index is 2.15. The summed E-state index contributed by atoms with van der Waals surface area (Å²) in [5.41, 5.74) is 1.23. The highest BCUT2D eigenvalue weighted by Crippen LogP contribution is 2.16. The van der Waals surface area contributed by atoms with Crippen molar-refractivity contribution < 1.29 is 22.8 Å². The first-order valence-corrected chi connectivity index (χ1v) is 10.2. The molecule has 0 unspecified atom stereocenters. The van der Waals surface area contributed by atoms with Gasteiger partial charge in [0.25, 0.3) is 21.8 Å². The Morgan fingerprint density at radius 1 is 1.00 bits per heavy atom. The SMILES string of the molecule is CCN(CC)C(=O)c1cccc(NC(=O)c2ccc(S(=O)(=O)NOC)cc2)c1. The normalized spacial score (nSPS) is 11.1. The molecule has 2 amide bonds. The number of carbonyl (C=O) groups excluding carboxylic acids is 2. The van der Waals surface area contributed by atoms with Crippen LogP contribution in [0.2, 0.25) is 0 Å². The fourth-order valence-corrected chi connectivity index (χ4v) is 3.38. The van der Waals surface area contributed by atoms with Crippen LogP contribution in [0.4, 0.5) is 5.69 Å². The second-order valence-corrected chi connectivity index (χ2v) is 7.47. The molecule has 0 fully saturated rings. The lowest BCUT2D eigenvalue weighted by Gasteiger charge is -2.19. The number of nitrogens with one attached hydrogen (secondary N) is 2. The summed E-state index contributed by atoms with van der Waals surface area (Å²) in [6, 6.07) is 12.1. The van der Waals surface area contributed by atoms with Crippen molar-refractivity contribution in [2.75, 3.05) is 25.5 Å². The van der Waals surface area contributed by atoms with E-state index in [0.717, 1.165) is 0 Å². The number of benzene rings is 2. The number of anilines is 1. The van der Waals surface area contributed by atoms with Crippen molar-refractivity contribution in [2.24, 2.45) is 0 Å². The molecule has 0 aliphatic carbocycles. The molecular weight excluding hydrogens is 382 g/mol. The highest BCUT2D eigenvalue weighted by molar-refractivity contribution is 7.89. The lowest BCUT2D eigenvalue weighted by atomic mass is 10.1. The van der Waals surface area contributed by atoms with Crippen molar-refractivity contribution in [3.63, 3.8) is 0 Å². The molecule has 8 nitrogen and oxygen atoms in total. The lowest BCUT2D eigenvalue weighted by molar-refractivity contribution is 0.0772. The number of hydrogen-bond donors (Lipinski definition) is 2. The predicted octanol–water partition coefficient (Wildman–Crippen LogP) is 2.26. The maximum atomic E-state index is 12.4. The molecule has 0 saturated heterocycles. The van der Waals surface area contributed by atoms with Gasteiger partial charge in [-0.25, -0.2) is 8.42 Å². The van der Waals surface area contributed by atoms with E-state index in [1.165, 1.54) is 31.4 Å². The molecule has 0 aromatic heterocycles. The number of nitrogens with zero attached hydrogens (tertiary/aromatic N) is 1. The highest BCUT2D eigenvalue weighted by Gasteiger charge is 2.16. The molecule has 0 aliphatic rings. The summed E-state index contributed by atoms with van der Waals surface area (Å²) in [6.45, 7) is 5.00. The molecular formula is C19H23N3O5S. The van der Waals surface area contributed by atoms with Gasteiger partial charge in [-0.2, -0.15) is 0 Å². The van der Waals surface area contributed by atoms with E-state index in [0.29, 0.717) is 24.3 Å². The standard InChI is InChI=1S/C19H23N3O5S/c1-4-22(5-2)19(24)15-7-6-8-16(13-15)20-18(23)14-9-11-17(12-10-14)28(25,26)21-27-3/h6-13,21H,4-5H2,1-3H3,(H,20,23). The summed E-state index contributed by atoms with van der Waals surface area (Å²) < 4.78 is 23.7. The van der Waals surface area contributed by atoms with E-state index in [2.05, 4.69) is 10.2 Å². The van der Waals surface area contributed by atoms with Gasteiger partial charge in [-0.1, -0.05) is 11.0 Å². The summed E-state index contributed by atoms with van der Waals surface area (Å²) in [4.78, 5) is 32.9. The number of carbonyl (C=O) groups is 2. The van der Waals surface area contributed by atoms with E-state index in [1.54, 1.807) is 29.2 Å². The predicted molar refractivity (Wildman–Crippen MR) is 105 cm³/mol. The maximum Gasteiger partial charge on any atom is 0.262 e. The largest absolute Gasteiger partial charge is 0.339 e. The van der Waals surface area contributed by atoms with Gasteiger partial charge in [0.1, 0.15) is 0 Å². The Morgan fingerprint density at radius 2 is 1.64 bits per heavy atom. The smallest absolute Gasteiger partial charge is 0.262 e. The van der Waals surface area contributed by atoms with Crippen LogP contribution in [-0.4, -0.2) is 45.3 Å². The van der Waals surface area contributed by atoms with Gasteiger partial charge < -0.3 is 10.2 Å². The lowest BCUT2D eigenvalue weighted by Crippen LogP contribution is -2.30. The van der Waals surface area contributed by atoms with Crippen molar-refractivity contribution in [3.8, 4) is 0 Å². The maximum absolute atomic E-state index is 12.4. The van der Waals surface area contributed by atoms with Crippen molar-refractivity contribution in [3.05, 3.63) is 59.7 Å². The van der Waals surface area contributed by atoms with E-state index >= 15 is 0 Å². The molecule has 0 heterocycles. The molecule has 28 heavy (non-hydrogen) atoms. The molecule has 150 valence electrons. The summed E-state index contributed by atoms with van der Waals surface area (Å²) in [5.74, 6) is -0.530. The molecule has 0 spiro atoms. The molecule has 2 rings (SSSR count). The Kier molecular flexibility index (Phi) is 7.27. The third-order valence-electron chi connectivity index (χ3n) is 4.04. The summed E-state index contributed by atoms with van der Waals surface area (Å²) >= 11 is 0. The highest BCUT2D eigenvalue weighted by atomic mass is 32.2. The summed E-state index contributed by atoms with van der Waals surface area (Å²) in [6.07, 6.45) is 0. The van der Waals surface area contributed by atoms with Crippen LogP contribution in [0.5, 0.6) is 0 Å². The van der Waals surface area contributed by atoms with E-state index in [9.17, 15) is 18.0 Å². The molecule has 2 N–H and O–H groups in total. The van der Waals surface area contributed by atoms with Crippen LogP contribution < -0.4 is 10.2 Å². The van der Waals surface area contributed by atoms with Gasteiger partial charge in [0.15, 0.2) is 0 Å². The molecule has 0 atom stereocenters. The van der Waals surface area contributed by atoms with Crippen LogP contribution in [0.3, 0.4) is 0 Å². The van der Waals surface area contributed by atoms with Gasteiger partial charge in [-0.3, -0.25) is 14.4 Å². The van der Waals surface area contributed by atoms with E-state index in [-0.39, 0.29) is 16.4 Å². The molecule has 0 aliphatic heterocycles. The Labute approximate surface area is 164 Å². The monoisotopic (exact) mass is 405 g/mol. The first-order chi connectivity index (χ1) is 13.3. The number of rotatable bonds is 8. The van der Waals surface area contributed by atoms with Gasteiger partial charge in [-0.05, 0) is 56.3 Å². The zero-order valence-corrected chi connectivity index (χ0v) is 16.7. The van der Waals surface area contributed by atoms with Crippen molar-refractivity contribution in [1.29, 1.82) is 0 Å². The van der Waals surface area contributed by atoms with Crippen LogP contribution in [0.15, 0.2) is 53.4 Å². The van der Waals surface area contributed by atoms with Crippen molar-refractivity contribution >= 4 is 27.5 Å². The first kappa shape index (κ1) is 21.5.